The summed E-state index contributed by atoms with van der Waals surface area (Å²) >= 11 is 0. The van der Waals surface area contributed by atoms with Gasteiger partial charge < -0.3 is 10.8 Å². The summed E-state index contributed by atoms with van der Waals surface area (Å²) in [5, 5.41) is 8.21. The number of halogens is 3. The van der Waals surface area contributed by atoms with Crippen LogP contribution in [0.5, 0.6) is 0 Å². The van der Waals surface area contributed by atoms with Crippen LogP contribution in [0.4, 0.5) is 13.2 Å². The molecule has 9 heavy (non-hydrogen) atoms. The fraction of sp³-hybridized carbons (Fsp3) is 1.00. The predicted molar refractivity (Wildman–Crippen MR) is 25.7 cm³/mol. The Morgan fingerprint density at radius 3 is 1.78 bits per heavy atom. The number of alkyl halides is 3. The van der Waals surface area contributed by atoms with E-state index in [1.807, 2.05) is 0 Å². The molecule has 0 spiro atoms. The van der Waals surface area contributed by atoms with Gasteiger partial charge in [-0.25, -0.2) is 0 Å². The summed E-state index contributed by atoms with van der Waals surface area (Å²) < 4.78 is 34.1. The summed E-state index contributed by atoms with van der Waals surface area (Å²) in [7, 11) is 0. The third-order valence-electron chi connectivity index (χ3n) is 0.833. The van der Waals surface area contributed by atoms with E-state index in [9.17, 15) is 13.2 Å². The average Bonchev–Trinajstić information content (AvgIpc) is 1.62. The molecule has 0 bridgehead atoms. The zero-order valence-corrected chi connectivity index (χ0v) is 4.81. The molecule has 3 N–H and O–H groups in total. The van der Waals surface area contributed by atoms with Crippen LogP contribution >= 0.6 is 0 Å². The second-order valence-corrected chi connectivity index (χ2v) is 1.85. The smallest absolute Gasteiger partial charge is 0.382 e. The Hall–Kier alpha value is -0.290. The zero-order valence-electron chi connectivity index (χ0n) is 4.81. The molecule has 0 saturated heterocycles. The molecule has 0 fully saturated rings. The van der Waals surface area contributed by atoms with Crippen LogP contribution in [0.1, 0.15) is 6.92 Å². The molecule has 56 valence electrons. The first-order valence-corrected chi connectivity index (χ1v) is 2.36. The van der Waals surface area contributed by atoms with Gasteiger partial charge in [0.1, 0.15) is 0 Å². The van der Waals surface area contributed by atoms with E-state index in [-0.39, 0.29) is 0 Å². The molecule has 0 aliphatic rings. The Morgan fingerprint density at radius 1 is 1.44 bits per heavy atom. The summed E-state index contributed by atoms with van der Waals surface area (Å²) in [4.78, 5) is 0. The van der Waals surface area contributed by atoms with Crippen LogP contribution in [0.3, 0.4) is 0 Å². The number of aliphatic hydroxyl groups is 1. The van der Waals surface area contributed by atoms with E-state index in [2.05, 4.69) is 0 Å². The van der Waals surface area contributed by atoms with Crippen molar-refractivity contribution >= 4 is 0 Å². The highest BCUT2D eigenvalue weighted by atomic mass is 19.4. The summed E-state index contributed by atoms with van der Waals surface area (Å²) in [6.45, 7) is 1.10. The molecule has 2 nitrogen and oxygen atoms in total. The van der Waals surface area contributed by atoms with Gasteiger partial charge in [0.15, 0.2) is 6.10 Å². The molecule has 0 radical (unpaired) electrons. The standard InChI is InChI=1S/C4H8F3NO/c1-2(8)3(9)4(5,6)7/h2-3,9H,8H2,1H3/t2-,3?/m1/s1. The highest BCUT2D eigenvalue weighted by molar-refractivity contribution is 4.73. The average molecular weight is 143 g/mol. The van der Waals surface area contributed by atoms with Crippen molar-refractivity contribution in [3.8, 4) is 0 Å². The zero-order chi connectivity index (χ0) is 7.65. The first-order valence-electron chi connectivity index (χ1n) is 2.36. The van der Waals surface area contributed by atoms with Crippen molar-refractivity contribution < 1.29 is 18.3 Å². The van der Waals surface area contributed by atoms with Crippen molar-refractivity contribution in [2.45, 2.75) is 25.2 Å². The fourth-order valence-electron chi connectivity index (χ4n) is 0.298. The Labute approximate surface area is 50.5 Å². The van der Waals surface area contributed by atoms with Crippen LogP contribution in [-0.4, -0.2) is 23.4 Å². The van der Waals surface area contributed by atoms with Crippen molar-refractivity contribution in [3.05, 3.63) is 0 Å². The molecule has 0 aromatic carbocycles. The second-order valence-electron chi connectivity index (χ2n) is 1.85. The van der Waals surface area contributed by atoms with E-state index in [1.54, 1.807) is 0 Å². The molecule has 0 aliphatic carbocycles. The van der Waals surface area contributed by atoms with Crippen molar-refractivity contribution in [2.24, 2.45) is 5.73 Å². The molecular formula is C4H8F3NO. The van der Waals surface area contributed by atoms with Gasteiger partial charge in [-0.3, -0.25) is 0 Å². The van der Waals surface area contributed by atoms with E-state index in [0.717, 1.165) is 6.92 Å². The van der Waals surface area contributed by atoms with Crippen LogP contribution < -0.4 is 5.73 Å². The Bertz CT molecular complexity index is 90.3. The van der Waals surface area contributed by atoms with E-state index in [1.165, 1.54) is 0 Å². The molecular weight excluding hydrogens is 135 g/mol. The van der Waals surface area contributed by atoms with Crippen LogP contribution in [-0.2, 0) is 0 Å². The van der Waals surface area contributed by atoms with Gasteiger partial charge in [-0.1, -0.05) is 0 Å². The predicted octanol–water partition coefficient (Wildman–Crippen LogP) is 0.257. The lowest BCUT2D eigenvalue weighted by atomic mass is 10.2. The summed E-state index contributed by atoms with van der Waals surface area (Å²) in [6.07, 6.45) is -6.99. The number of rotatable bonds is 1. The van der Waals surface area contributed by atoms with Crippen molar-refractivity contribution in [2.75, 3.05) is 0 Å². The molecule has 0 heterocycles. The van der Waals surface area contributed by atoms with Crippen molar-refractivity contribution in [1.29, 1.82) is 0 Å². The van der Waals surface area contributed by atoms with Gasteiger partial charge in [0.2, 0.25) is 0 Å². The van der Waals surface area contributed by atoms with E-state index in [0.29, 0.717) is 0 Å². The molecule has 0 rings (SSSR count). The Balaban J connectivity index is 3.88. The maximum absolute atomic E-state index is 11.4. The molecule has 0 aromatic heterocycles. The van der Waals surface area contributed by atoms with Crippen molar-refractivity contribution in [1.82, 2.24) is 0 Å². The van der Waals surface area contributed by atoms with Gasteiger partial charge >= 0.3 is 6.18 Å². The van der Waals surface area contributed by atoms with E-state index < -0.39 is 18.3 Å². The Morgan fingerprint density at radius 2 is 1.78 bits per heavy atom. The molecule has 5 heteroatoms. The number of hydrogen-bond donors (Lipinski definition) is 2. The normalized spacial score (nSPS) is 19.3. The molecule has 0 saturated carbocycles. The third kappa shape index (κ3) is 2.67. The first kappa shape index (κ1) is 8.71. The maximum Gasteiger partial charge on any atom is 0.415 e. The van der Waals surface area contributed by atoms with Gasteiger partial charge in [-0.15, -0.1) is 0 Å². The topological polar surface area (TPSA) is 46.2 Å². The monoisotopic (exact) mass is 143 g/mol. The van der Waals surface area contributed by atoms with E-state index >= 15 is 0 Å². The van der Waals surface area contributed by atoms with Gasteiger partial charge in [0, 0.05) is 6.04 Å². The van der Waals surface area contributed by atoms with Gasteiger partial charge in [0.25, 0.3) is 0 Å². The maximum atomic E-state index is 11.4. The molecule has 2 atom stereocenters. The van der Waals surface area contributed by atoms with Gasteiger partial charge in [-0.05, 0) is 6.92 Å². The quantitative estimate of drug-likeness (QED) is 0.553. The minimum absolute atomic E-state index is 1.10. The summed E-state index contributed by atoms with van der Waals surface area (Å²) in [6, 6.07) is -1.26. The van der Waals surface area contributed by atoms with Crippen LogP contribution in [0.2, 0.25) is 0 Å². The minimum atomic E-state index is -4.59. The molecule has 0 aliphatic heterocycles. The van der Waals surface area contributed by atoms with Crippen molar-refractivity contribution in [3.63, 3.8) is 0 Å². The van der Waals surface area contributed by atoms with Crippen LogP contribution in [0.15, 0.2) is 0 Å². The lowest BCUT2D eigenvalue weighted by Gasteiger charge is -2.16. The minimum Gasteiger partial charge on any atom is -0.382 e. The number of nitrogens with two attached hydrogens (primary N) is 1. The number of hydrogen-bond acceptors (Lipinski definition) is 2. The Kier molecular flexibility index (Phi) is 2.45. The summed E-state index contributed by atoms with van der Waals surface area (Å²) in [5.74, 6) is 0. The van der Waals surface area contributed by atoms with Gasteiger partial charge in [-0.2, -0.15) is 13.2 Å². The van der Waals surface area contributed by atoms with Gasteiger partial charge in [0.05, 0.1) is 0 Å². The second kappa shape index (κ2) is 2.53. The lowest BCUT2D eigenvalue weighted by molar-refractivity contribution is -0.208. The summed E-state index contributed by atoms with van der Waals surface area (Å²) in [5.41, 5.74) is 4.75. The molecule has 1 unspecified atom stereocenters. The fourth-order valence-corrected chi connectivity index (χ4v) is 0.298. The molecule has 0 aromatic rings. The number of aliphatic hydroxyl groups excluding tert-OH is 1. The van der Waals surface area contributed by atoms with E-state index in [4.69, 9.17) is 10.8 Å². The largest absolute Gasteiger partial charge is 0.415 e. The first-order chi connectivity index (χ1) is 3.85. The third-order valence-corrected chi connectivity index (χ3v) is 0.833. The highest BCUT2D eigenvalue weighted by Crippen LogP contribution is 2.21. The SMILES string of the molecule is C[C@@H](N)C(O)C(F)(F)F. The highest BCUT2D eigenvalue weighted by Gasteiger charge is 2.40. The lowest BCUT2D eigenvalue weighted by Crippen LogP contribution is -2.42. The molecule has 0 amide bonds. The van der Waals surface area contributed by atoms with Crippen LogP contribution in [0, 0.1) is 0 Å². The van der Waals surface area contributed by atoms with Crippen LogP contribution in [0.25, 0.3) is 0 Å².